The molecule has 7 heteroatoms. The maximum absolute atomic E-state index is 5.74. The molecule has 1 aromatic heterocycles. The fourth-order valence-corrected chi connectivity index (χ4v) is 3.06. The number of nitrogens with zero attached hydrogens (tertiary/aromatic N) is 2. The number of benzene rings is 2. The SMILES string of the molecule is COc1ccc(-c2nnc(SCc3ccc(Br)cc3)o2)c(OC)c1. The van der Waals surface area contributed by atoms with Crippen LogP contribution in [0.15, 0.2) is 56.6 Å². The van der Waals surface area contributed by atoms with Crippen LogP contribution in [-0.4, -0.2) is 24.4 Å². The Balaban J connectivity index is 1.74. The molecule has 1 heterocycles. The minimum atomic E-state index is 0.424. The van der Waals surface area contributed by atoms with E-state index in [1.165, 1.54) is 17.3 Å². The predicted molar refractivity (Wildman–Crippen MR) is 96.5 cm³/mol. The second-order valence-electron chi connectivity index (χ2n) is 4.85. The highest BCUT2D eigenvalue weighted by Crippen LogP contribution is 2.34. The average Bonchev–Trinajstić information content (AvgIpc) is 3.09. The first-order chi connectivity index (χ1) is 11.7. The topological polar surface area (TPSA) is 57.4 Å². The van der Waals surface area contributed by atoms with Crippen molar-refractivity contribution in [3.8, 4) is 23.0 Å². The normalized spacial score (nSPS) is 10.6. The van der Waals surface area contributed by atoms with Gasteiger partial charge in [0.1, 0.15) is 11.5 Å². The maximum atomic E-state index is 5.74. The van der Waals surface area contributed by atoms with E-state index in [1.807, 2.05) is 24.3 Å². The molecule has 3 rings (SSSR count). The van der Waals surface area contributed by atoms with Gasteiger partial charge in [-0.2, -0.15) is 0 Å². The predicted octanol–water partition coefficient (Wildman–Crippen LogP) is 4.81. The maximum Gasteiger partial charge on any atom is 0.277 e. The molecule has 3 aromatic rings. The van der Waals surface area contributed by atoms with Crippen molar-refractivity contribution in [1.29, 1.82) is 0 Å². The van der Waals surface area contributed by atoms with Crippen LogP contribution in [0.3, 0.4) is 0 Å². The summed E-state index contributed by atoms with van der Waals surface area (Å²) in [6.45, 7) is 0. The Morgan fingerprint density at radius 1 is 1.04 bits per heavy atom. The van der Waals surface area contributed by atoms with Gasteiger partial charge in [0.25, 0.3) is 11.1 Å². The molecule has 0 saturated heterocycles. The highest BCUT2D eigenvalue weighted by Gasteiger charge is 2.14. The van der Waals surface area contributed by atoms with Gasteiger partial charge in [0.2, 0.25) is 0 Å². The van der Waals surface area contributed by atoms with Gasteiger partial charge in [0.05, 0.1) is 19.8 Å². The zero-order valence-electron chi connectivity index (χ0n) is 13.2. The molecule has 0 aliphatic rings. The number of halogens is 1. The molecule has 24 heavy (non-hydrogen) atoms. The van der Waals surface area contributed by atoms with Gasteiger partial charge in [-0.15, -0.1) is 10.2 Å². The molecule has 0 saturated carbocycles. The highest BCUT2D eigenvalue weighted by atomic mass is 79.9. The third-order valence-corrected chi connectivity index (χ3v) is 4.74. The molecule has 0 aliphatic heterocycles. The van der Waals surface area contributed by atoms with Crippen molar-refractivity contribution in [3.05, 3.63) is 52.5 Å². The first kappa shape index (κ1) is 16.9. The van der Waals surface area contributed by atoms with Crippen LogP contribution in [0.2, 0.25) is 0 Å². The fourth-order valence-electron chi connectivity index (χ4n) is 2.08. The highest BCUT2D eigenvalue weighted by molar-refractivity contribution is 9.10. The largest absolute Gasteiger partial charge is 0.497 e. The fraction of sp³-hybridized carbons (Fsp3) is 0.176. The molecule has 0 N–H and O–H groups in total. The van der Waals surface area contributed by atoms with Gasteiger partial charge in [0, 0.05) is 16.3 Å². The van der Waals surface area contributed by atoms with Crippen LogP contribution in [-0.2, 0) is 5.75 Å². The van der Waals surface area contributed by atoms with Crippen molar-refractivity contribution >= 4 is 27.7 Å². The zero-order chi connectivity index (χ0) is 16.9. The quantitative estimate of drug-likeness (QED) is 0.547. The van der Waals surface area contributed by atoms with E-state index in [1.54, 1.807) is 20.3 Å². The summed E-state index contributed by atoms with van der Waals surface area (Å²) in [6, 6.07) is 13.6. The lowest BCUT2D eigenvalue weighted by Crippen LogP contribution is -1.90. The molecule has 0 amide bonds. The zero-order valence-corrected chi connectivity index (χ0v) is 15.6. The Hall–Kier alpha value is -1.99. The number of methoxy groups -OCH3 is 2. The molecule has 124 valence electrons. The molecule has 0 aliphatic carbocycles. The molecule has 0 bridgehead atoms. The number of aromatic nitrogens is 2. The van der Waals surface area contributed by atoms with Gasteiger partial charge in [0.15, 0.2) is 0 Å². The van der Waals surface area contributed by atoms with E-state index >= 15 is 0 Å². The summed E-state index contributed by atoms with van der Waals surface area (Å²) in [5.74, 6) is 2.52. The van der Waals surface area contributed by atoms with E-state index < -0.39 is 0 Å². The standard InChI is InChI=1S/C17H15BrN2O3S/c1-21-13-7-8-14(15(9-13)22-2)16-19-20-17(23-16)24-10-11-3-5-12(18)6-4-11/h3-9H,10H2,1-2H3. The summed E-state index contributed by atoms with van der Waals surface area (Å²) in [5.41, 5.74) is 1.92. The number of thioether (sulfide) groups is 1. The lowest BCUT2D eigenvalue weighted by atomic mass is 10.2. The average molecular weight is 407 g/mol. The van der Waals surface area contributed by atoms with Crippen LogP contribution in [0.1, 0.15) is 5.56 Å². The molecular weight excluding hydrogens is 392 g/mol. The summed E-state index contributed by atoms with van der Waals surface area (Å²) in [6.07, 6.45) is 0. The Morgan fingerprint density at radius 2 is 1.83 bits per heavy atom. The van der Waals surface area contributed by atoms with Gasteiger partial charge < -0.3 is 13.9 Å². The Bertz CT molecular complexity index is 821. The molecule has 0 radical (unpaired) electrons. The first-order valence-corrected chi connectivity index (χ1v) is 8.90. The molecule has 0 fully saturated rings. The summed E-state index contributed by atoms with van der Waals surface area (Å²) in [4.78, 5) is 0. The molecule has 0 atom stereocenters. The van der Waals surface area contributed by atoms with Gasteiger partial charge in [-0.3, -0.25) is 0 Å². The lowest BCUT2D eigenvalue weighted by molar-refractivity contribution is 0.393. The van der Waals surface area contributed by atoms with E-state index in [-0.39, 0.29) is 0 Å². The lowest BCUT2D eigenvalue weighted by Gasteiger charge is -2.07. The minimum absolute atomic E-state index is 0.424. The van der Waals surface area contributed by atoms with E-state index in [0.717, 1.165) is 15.8 Å². The van der Waals surface area contributed by atoms with Crippen LogP contribution in [0, 0.1) is 0 Å². The van der Waals surface area contributed by atoms with Crippen molar-refractivity contribution < 1.29 is 13.9 Å². The van der Waals surface area contributed by atoms with Crippen molar-refractivity contribution in [2.75, 3.05) is 14.2 Å². The molecular formula is C17H15BrN2O3S. The van der Waals surface area contributed by atoms with Crippen LogP contribution < -0.4 is 9.47 Å². The number of rotatable bonds is 6. The van der Waals surface area contributed by atoms with Crippen molar-refractivity contribution in [2.24, 2.45) is 0 Å². The van der Waals surface area contributed by atoms with Crippen molar-refractivity contribution in [1.82, 2.24) is 10.2 Å². The van der Waals surface area contributed by atoms with Crippen molar-refractivity contribution in [2.45, 2.75) is 11.0 Å². The Labute approximate surface area is 152 Å². The second kappa shape index (κ2) is 7.72. The van der Waals surface area contributed by atoms with E-state index in [2.05, 4.69) is 38.3 Å². The van der Waals surface area contributed by atoms with Crippen LogP contribution in [0.5, 0.6) is 11.5 Å². The number of ether oxygens (including phenoxy) is 2. The molecule has 0 unspecified atom stereocenters. The summed E-state index contributed by atoms with van der Waals surface area (Å²) in [5, 5.41) is 8.72. The number of hydrogen-bond acceptors (Lipinski definition) is 6. The third-order valence-electron chi connectivity index (χ3n) is 3.32. The van der Waals surface area contributed by atoms with Gasteiger partial charge in [-0.05, 0) is 29.8 Å². The van der Waals surface area contributed by atoms with Gasteiger partial charge >= 0.3 is 0 Å². The summed E-state index contributed by atoms with van der Waals surface area (Å²) in [7, 11) is 3.20. The second-order valence-corrected chi connectivity index (χ2v) is 6.70. The van der Waals surface area contributed by atoms with E-state index in [9.17, 15) is 0 Å². The number of hydrogen-bond donors (Lipinski definition) is 0. The molecule has 2 aromatic carbocycles. The molecule has 5 nitrogen and oxygen atoms in total. The van der Waals surface area contributed by atoms with E-state index in [0.29, 0.717) is 22.6 Å². The molecule has 0 spiro atoms. The minimum Gasteiger partial charge on any atom is -0.497 e. The third kappa shape index (κ3) is 3.91. The van der Waals surface area contributed by atoms with Crippen LogP contribution >= 0.6 is 27.7 Å². The van der Waals surface area contributed by atoms with Crippen molar-refractivity contribution in [3.63, 3.8) is 0 Å². The van der Waals surface area contributed by atoms with E-state index in [4.69, 9.17) is 13.9 Å². The first-order valence-electron chi connectivity index (χ1n) is 7.12. The van der Waals surface area contributed by atoms with Gasteiger partial charge in [-0.1, -0.05) is 39.8 Å². The summed E-state index contributed by atoms with van der Waals surface area (Å²) < 4.78 is 17.4. The smallest absolute Gasteiger partial charge is 0.277 e. The van der Waals surface area contributed by atoms with Gasteiger partial charge in [-0.25, -0.2) is 0 Å². The van der Waals surface area contributed by atoms with Crippen LogP contribution in [0.25, 0.3) is 11.5 Å². The van der Waals surface area contributed by atoms with Crippen LogP contribution in [0.4, 0.5) is 0 Å². The Morgan fingerprint density at radius 3 is 2.54 bits per heavy atom. The Kier molecular flexibility index (Phi) is 5.42. The monoisotopic (exact) mass is 406 g/mol. The summed E-state index contributed by atoms with van der Waals surface area (Å²) >= 11 is 4.92.